The van der Waals surface area contributed by atoms with E-state index in [-0.39, 0.29) is 36.0 Å². The van der Waals surface area contributed by atoms with Crippen LogP contribution in [0.15, 0.2) is 35.3 Å². The third kappa shape index (κ3) is 8.14. The van der Waals surface area contributed by atoms with Crippen molar-refractivity contribution < 1.29 is 25.2 Å². The molecule has 2 aliphatic carbocycles. The number of aliphatic hydroxyl groups is 4. The van der Waals surface area contributed by atoms with Crippen LogP contribution < -0.4 is 5.73 Å². The molecule has 9 heteroatoms. The normalized spacial score (nSPS) is 36.8. The number of nitrogens with zero attached hydrogens (tertiary/aromatic N) is 2. The average Bonchev–Trinajstić information content (AvgIpc) is 3.35. The summed E-state index contributed by atoms with van der Waals surface area (Å²) in [4.78, 5) is 6.34. The summed E-state index contributed by atoms with van der Waals surface area (Å²) in [6.07, 6.45) is 0.333. The van der Waals surface area contributed by atoms with Crippen LogP contribution in [0.2, 0.25) is 0 Å². The molecule has 0 spiro atoms. The monoisotopic (exact) mass is 539 g/mol. The zero-order valence-electron chi connectivity index (χ0n) is 23.3. The van der Waals surface area contributed by atoms with E-state index in [1.165, 1.54) is 0 Å². The van der Waals surface area contributed by atoms with Gasteiger partial charge >= 0.3 is 0 Å². The van der Waals surface area contributed by atoms with Gasteiger partial charge in [-0.25, -0.2) is 0 Å². The lowest BCUT2D eigenvalue weighted by molar-refractivity contribution is -0.0899. The number of hydrogen-bond donors (Lipinski definition) is 5. The summed E-state index contributed by atoms with van der Waals surface area (Å²) >= 11 is 1.62. The zero-order valence-corrected chi connectivity index (χ0v) is 24.1. The van der Waals surface area contributed by atoms with Crippen molar-refractivity contribution >= 4 is 16.9 Å². The van der Waals surface area contributed by atoms with Crippen molar-refractivity contribution in [2.45, 2.75) is 95.3 Å². The number of thioether (sulfide) groups is 1. The topological polar surface area (TPSA) is 132 Å². The second-order valence-electron chi connectivity index (χ2n) is 10.3. The maximum atomic E-state index is 10.1. The minimum atomic E-state index is -0.864. The first-order chi connectivity index (χ1) is 17.7. The molecule has 4 rings (SSSR count). The fourth-order valence-corrected chi connectivity index (χ4v) is 6.71. The number of aliphatic imine (C=N–C) groups is 1. The van der Waals surface area contributed by atoms with E-state index < -0.39 is 18.3 Å². The number of benzene rings is 1. The highest BCUT2D eigenvalue weighted by molar-refractivity contribution is 8.14. The Kier molecular flexibility index (Phi) is 13.3. The first-order valence-corrected chi connectivity index (χ1v) is 14.5. The Morgan fingerprint density at radius 2 is 1.70 bits per heavy atom. The van der Waals surface area contributed by atoms with Gasteiger partial charge in [0.1, 0.15) is 6.10 Å². The minimum absolute atomic E-state index is 0.0612. The Hall–Kier alpha value is -1.20. The summed E-state index contributed by atoms with van der Waals surface area (Å²) in [5.41, 5.74) is 7.27. The molecule has 0 aromatic heterocycles. The lowest BCUT2D eigenvalue weighted by Crippen LogP contribution is -2.55. The van der Waals surface area contributed by atoms with Gasteiger partial charge in [-0.1, -0.05) is 76.2 Å². The van der Waals surface area contributed by atoms with Crippen LogP contribution in [0.4, 0.5) is 0 Å². The van der Waals surface area contributed by atoms with E-state index >= 15 is 0 Å². The Labute approximate surface area is 227 Å². The molecule has 1 aromatic carbocycles. The van der Waals surface area contributed by atoms with Crippen LogP contribution in [-0.4, -0.2) is 92.9 Å². The minimum Gasteiger partial charge on any atom is -0.396 e. The number of rotatable bonds is 5. The molecule has 37 heavy (non-hydrogen) atoms. The van der Waals surface area contributed by atoms with E-state index in [9.17, 15) is 15.3 Å². The molecule has 2 fully saturated rings. The largest absolute Gasteiger partial charge is 0.396 e. The third-order valence-corrected chi connectivity index (χ3v) is 9.13. The number of amidine groups is 1. The molecule has 1 aliphatic heterocycles. The van der Waals surface area contributed by atoms with Crippen molar-refractivity contribution in [1.29, 1.82) is 0 Å². The van der Waals surface area contributed by atoms with Gasteiger partial charge in [-0.15, -0.1) is 0 Å². The smallest absolute Gasteiger partial charge is 0.159 e. The summed E-state index contributed by atoms with van der Waals surface area (Å²) in [7, 11) is 3.82. The fourth-order valence-electron chi connectivity index (χ4n) is 5.34. The highest BCUT2D eigenvalue weighted by Crippen LogP contribution is 2.40. The van der Waals surface area contributed by atoms with Gasteiger partial charge in [0.25, 0.3) is 0 Å². The van der Waals surface area contributed by atoms with Crippen molar-refractivity contribution in [3.63, 3.8) is 0 Å². The first-order valence-electron chi connectivity index (χ1n) is 13.7. The average molecular weight is 540 g/mol. The van der Waals surface area contributed by atoms with Crippen LogP contribution in [0.25, 0.3) is 0 Å². The highest BCUT2D eigenvalue weighted by Gasteiger charge is 2.47. The summed E-state index contributed by atoms with van der Waals surface area (Å²) in [5, 5.41) is 40.0. The number of nitrogens with two attached hydrogens (primary N) is 1. The summed E-state index contributed by atoms with van der Waals surface area (Å²) in [6, 6.07) is 9.59. The molecular formula is C28H49N3O5S. The number of aliphatic hydroxyl groups excluding tert-OH is 4. The van der Waals surface area contributed by atoms with E-state index in [0.29, 0.717) is 24.9 Å². The van der Waals surface area contributed by atoms with Gasteiger partial charge in [0.15, 0.2) is 5.17 Å². The second kappa shape index (κ2) is 15.4. The second-order valence-corrected chi connectivity index (χ2v) is 11.5. The van der Waals surface area contributed by atoms with Crippen molar-refractivity contribution in [3.05, 3.63) is 35.9 Å². The van der Waals surface area contributed by atoms with E-state index in [4.69, 9.17) is 15.6 Å². The molecule has 0 radical (unpaired) electrons. The Morgan fingerprint density at radius 3 is 2.27 bits per heavy atom. The van der Waals surface area contributed by atoms with Crippen molar-refractivity contribution in [1.82, 2.24) is 4.90 Å². The van der Waals surface area contributed by atoms with Crippen LogP contribution in [0.1, 0.15) is 52.5 Å². The van der Waals surface area contributed by atoms with Crippen molar-refractivity contribution in [2.24, 2.45) is 28.5 Å². The zero-order chi connectivity index (χ0) is 27.7. The summed E-state index contributed by atoms with van der Waals surface area (Å²) in [5.74, 6) is 0.656. The Balaban J connectivity index is 0.000000247. The fraction of sp³-hybridized carbons (Fsp3) is 0.750. The molecule has 8 nitrogen and oxygen atoms in total. The van der Waals surface area contributed by atoms with Gasteiger partial charge in [0.05, 0.1) is 37.0 Å². The van der Waals surface area contributed by atoms with Gasteiger partial charge < -0.3 is 35.8 Å². The van der Waals surface area contributed by atoms with E-state index in [0.717, 1.165) is 23.6 Å². The van der Waals surface area contributed by atoms with Crippen molar-refractivity contribution in [2.75, 3.05) is 20.7 Å². The molecule has 0 unspecified atom stereocenters. The molecule has 1 aromatic rings. The lowest BCUT2D eigenvalue weighted by Gasteiger charge is -2.42. The van der Waals surface area contributed by atoms with Gasteiger partial charge in [0.2, 0.25) is 0 Å². The highest BCUT2D eigenvalue weighted by atomic mass is 32.2. The molecule has 6 N–H and O–H groups in total. The summed E-state index contributed by atoms with van der Waals surface area (Å²) < 4.78 is 6.01. The quantitative estimate of drug-likeness (QED) is 0.386. The molecule has 10 atom stereocenters. The van der Waals surface area contributed by atoms with Crippen LogP contribution in [0.5, 0.6) is 0 Å². The molecule has 0 amide bonds. The molecule has 2 saturated carbocycles. The van der Waals surface area contributed by atoms with E-state index in [1.807, 2.05) is 63.2 Å². The molecule has 0 bridgehead atoms. The lowest BCUT2D eigenvalue weighted by atomic mass is 9.73. The van der Waals surface area contributed by atoms with Gasteiger partial charge in [-0.3, -0.25) is 4.99 Å². The maximum absolute atomic E-state index is 10.1. The standard InChI is InChI=1S/C16H25NO2.C10H18N2O3S.C2H6/c1-3-13-9-14(18)15(17)16(11(13)2)19-10-12-7-5-4-6-8-12;1-12(2)10-11-7-6(16-10)3-5(4-13)8(14)9(7)15;1-2/h4-8,11,13-16,18H,3,9-10,17H2,1-2H3;5-9,13-15H,3-4H2,1-2H3;1-2H3/t11-,13+,14-,15+,16+;5-,6+,7+,8-,9-;/m11./s1. The number of ether oxygens (including phenoxy) is 1. The van der Waals surface area contributed by atoms with Crippen LogP contribution in [0.3, 0.4) is 0 Å². The van der Waals surface area contributed by atoms with E-state index in [1.54, 1.807) is 11.8 Å². The molecule has 212 valence electrons. The molecule has 1 heterocycles. The van der Waals surface area contributed by atoms with Crippen molar-refractivity contribution in [3.8, 4) is 0 Å². The maximum Gasteiger partial charge on any atom is 0.159 e. The first kappa shape index (κ1) is 32.0. The third-order valence-electron chi connectivity index (χ3n) is 7.67. The van der Waals surface area contributed by atoms with Gasteiger partial charge in [-0.2, -0.15) is 0 Å². The molecule has 0 saturated heterocycles. The van der Waals surface area contributed by atoms with Crippen LogP contribution in [0, 0.1) is 17.8 Å². The van der Waals surface area contributed by atoms with Crippen LogP contribution >= 0.6 is 11.8 Å². The van der Waals surface area contributed by atoms with Crippen LogP contribution in [-0.2, 0) is 11.3 Å². The SMILES string of the molecule is CC.CC[C@H]1C[C@@H](O)[C@H](N)[C@@H](OCc2ccccc2)[C@@H]1C.CN(C)C1=N[C@@H]2[C@@H](O)[C@H](O)[C@@H](CO)C[C@@H]2S1. The summed E-state index contributed by atoms with van der Waals surface area (Å²) in [6.45, 7) is 8.83. The number of hydrogen-bond acceptors (Lipinski definition) is 9. The predicted molar refractivity (Wildman–Crippen MR) is 151 cm³/mol. The Bertz CT molecular complexity index is 814. The molecular weight excluding hydrogens is 490 g/mol. The number of fused-ring (bicyclic) bond motifs is 1. The predicted octanol–water partition coefficient (Wildman–Crippen LogP) is 2.47. The Morgan fingerprint density at radius 1 is 1.05 bits per heavy atom. The molecule has 3 aliphatic rings. The van der Waals surface area contributed by atoms with E-state index in [2.05, 4.69) is 18.8 Å². The van der Waals surface area contributed by atoms with Gasteiger partial charge in [-0.05, 0) is 30.2 Å². The van der Waals surface area contributed by atoms with Gasteiger partial charge in [0, 0.05) is 31.9 Å².